The highest BCUT2D eigenvalue weighted by molar-refractivity contribution is 5.46. The van der Waals surface area contributed by atoms with Gasteiger partial charge < -0.3 is 19.5 Å². The molecule has 2 aromatic carbocycles. The second kappa shape index (κ2) is 6.69. The van der Waals surface area contributed by atoms with Gasteiger partial charge in [-0.3, -0.25) is 0 Å². The number of hydrogen-bond acceptors (Lipinski definition) is 4. The molecule has 1 N–H and O–H groups in total. The average molecular weight is 343 g/mol. The van der Waals surface area contributed by atoms with Gasteiger partial charge in [0, 0.05) is 26.7 Å². The zero-order chi connectivity index (χ0) is 28.9. The Morgan fingerprint density at radius 2 is 2.17 bits per heavy atom. The molecule has 2 aliphatic heterocycles. The number of nitrogens with one attached hydrogen (secondary N) is 1. The Labute approximate surface area is 160 Å². The van der Waals surface area contributed by atoms with E-state index in [0.29, 0.717) is 0 Å². The minimum atomic E-state index is -3.73. The fourth-order valence-corrected chi connectivity index (χ4v) is 2.06. The molecule has 1 fully saturated rings. The summed E-state index contributed by atoms with van der Waals surface area (Å²) in [7, 11) is 0. The third kappa shape index (κ3) is 3.17. The lowest BCUT2D eigenvalue weighted by Crippen LogP contribution is -2.38. The van der Waals surface area contributed by atoms with Crippen LogP contribution in [0.3, 0.4) is 0 Å². The topological polar surface area (TPSA) is 39.7 Å². The fraction of sp³-hybridized carbons (Fsp3) is 0.368. The highest BCUT2D eigenvalue weighted by Gasteiger charge is 2.27. The van der Waals surface area contributed by atoms with Crippen LogP contribution in [0.5, 0.6) is 17.2 Å². The molecule has 0 spiro atoms. The highest BCUT2D eigenvalue weighted by atomic mass is 19.1. The summed E-state index contributed by atoms with van der Waals surface area (Å²) >= 11 is 0. The fourth-order valence-electron chi connectivity index (χ4n) is 2.06. The van der Waals surface area contributed by atoms with Gasteiger partial charge in [0.2, 0.25) is 6.75 Å². The summed E-state index contributed by atoms with van der Waals surface area (Å²) in [5.41, 5.74) is -1.23. The minimum absolute atomic E-state index is 0.0840. The summed E-state index contributed by atoms with van der Waals surface area (Å²) in [5.74, 6) is -9.72. The zero-order valence-corrected chi connectivity index (χ0v) is 12.0. The monoisotopic (exact) mass is 343 g/mol. The van der Waals surface area contributed by atoms with Crippen molar-refractivity contribution in [2.75, 3.05) is 26.3 Å². The van der Waals surface area contributed by atoms with Crippen molar-refractivity contribution < 1.29 is 37.8 Å². The Morgan fingerprint density at radius 1 is 1.33 bits per heavy atom. The number of ether oxygens (including phenoxy) is 3. The van der Waals surface area contributed by atoms with Crippen LogP contribution >= 0.6 is 0 Å². The maximum absolute atomic E-state index is 14.3. The first-order chi connectivity index (χ1) is 17.1. The van der Waals surface area contributed by atoms with Crippen LogP contribution in [0, 0.1) is 11.7 Å². The lowest BCUT2D eigenvalue weighted by molar-refractivity contribution is 0.173. The first kappa shape index (κ1) is 6.23. The summed E-state index contributed by atoms with van der Waals surface area (Å²) in [6.45, 7) is -10.6. The van der Waals surface area contributed by atoms with Crippen LogP contribution < -0.4 is 19.5 Å². The van der Waals surface area contributed by atoms with E-state index in [0.717, 1.165) is 18.2 Å². The maximum Gasteiger partial charge on any atom is 0.231 e. The molecule has 2 heterocycles. The molecule has 24 heavy (non-hydrogen) atoms. The van der Waals surface area contributed by atoms with Crippen molar-refractivity contribution in [3.05, 3.63) is 53.7 Å². The third-order valence-electron chi connectivity index (χ3n) is 3.15. The summed E-state index contributed by atoms with van der Waals surface area (Å²) in [6, 6.07) is -2.03. The van der Waals surface area contributed by atoms with Gasteiger partial charge in [-0.2, -0.15) is 0 Å². The van der Waals surface area contributed by atoms with Crippen LogP contribution in [0.2, 0.25) is 0 Å². The Balaban J connectivity index is 1.95. The molecule has 2 atom stereocenters. The summed E-state index contributed by atoms with van der Waals surface area (Å²) in [4.78, 5) is 0. The number of piperidine rings is 1. The van der Waals surface area contributed by atoms with Gasteiger partial charge in [-0.1, -0.05) is 12.1 Å². The predicted octanol–water partition coefficient (Wildman–Crippen LogP) is 3.33. The molecule has 2 aliphatic rings. The van der Waals surface area contributed by atoms with Gasteiger partial charge >= 0.3 is 0 Å². The lowest BCUT2D eigenvalue weighted by atomic mass is 9.81. The molecule has 1 saturated heterocycles. The molecule has 0 bridgehead atoms. The summed E-state index contributed by atoms with van der Waals surface area (Å²) in [5, 5.41) is 2.03. The molecule has 0 aromatic heterocycles. The Kier molecular flexibility index (Phi) is 1.74. The van der Waals surface area contributed by atoms with Crippen molar-refractivity contribution >= 4 is 0 Å². The van der Waals surface area contributed by atoms with E-state index in [1.54, 1.807) is 0 Å². The van der Waals surface area contributed by atoms with Crippen molar-refractivity contribution in [3.8, 4) is 17.2 Å². The van der Waals surface area contributed by atoms with Gasteiger partial charge in [0.05, 0.1) is 14.8 Å². The minimum Gasteiger partial charge on any atom is -0.493 e. The molecule has 0 aliphatic carbocycles. The molecule has 4 nitrogen and oxygen atoms in total. The van der Waals surface area contributed by atoms with E-state index in [1.165, 1.54) is 0 Å². The molecule has 126 valence electrons. The van der Waals surface area contributed by atoms with Crippen LogP contribution in [0.25, 0.3) is 0 Å². The standard InChI is InChI=1S/C19H20FNO3/c20-15-3-1-13(2-4-15)17-7-8-21-10-14(17)11-22-16-5-6-18-19(9-16)24-12-23-18/h1-6,9,14,17,21H,7-8,10-12H2/t14-,17?/m1/s1/i1D,2D,3D,4D,7D2,10D2,11D2,12D2,14D,17D. The largest absolute Gasteiger partial charge is 0.493 e. The number of hydrogen-bond donors (Lipinski definition) is 1. The Bertz CT molecular complexity index is 1300. The second-order valence-corrected chi connectivity index (χ2v) is 4.69. The molecular formula is C19H20FNO3. The van der Waals surface area contributed by atoms with Gasteiger partial charge in [0.25, 0.3) is 0 Å². The van der Waals surface area contributed by atoms with E-state index in [-0.39, 0.29) is 11.5 Å². The molecule has 0 saturated carbocycles. The van der Waals surface area contributed by atoms with Crippen molar-refractivity contribution in [3.63, 3.8) is 0 Å². The molecule has 0 radical (unpaired) electrons. The van der Waals surface area contributed by atoms with Crippen molar-refractivity contribution in [1.82, 2.24) is 5.32 Å². The van der Waals surface area contributed by atoms with Crippen molar-refractivity contribution in [2.45, 2.75) is 12.3 Å². The van der Waals surface area contributed by atoms with Crippen LogP contribution in [-0.2, 0) is 0 Å². The third-order valence-corrected chi connectivity index (χ3v) is 3.15. The van der Waals surface area contributed by atoms with E-state index < -0.39 is 85.8 Å². The summed E-state index contributed by atoms with van der Waals surface area (Å²) in [6.07, 6.45) is -3.13. The highest BCUT2D eigenvalue weighted by Crippen LogP contribution is 2.36. The lowest BCUT2D eigenvalue weighted by Gasteiger charge is -2.32. The molecule has 4 rings (SSSR count). The number of halogens is 1. The molecule has 0 amide bonds. The van der Waals surface area contributed by atoms with Crippen molar-refractivity contribution in [2.24, 2.45) is 5.89 Å². The average Bonchev–Trinajstić information content (AvgIpc) is 3.11. The second-order valence-electron chi connectivity index (χ2n) is 4.69. The first-order valence-corrected chi connectivity index (χ1v) is 6.86. The zero-order valence-electron chi connectivity index (χ0n) is 26.0. The van der Waals surface area contributed by atoms with Crippen LogP contribution in [0.1, 0.15) is 37.0 Å². The number of benzene rings is 2. The van der Waals surface area contributed by atoms with E-state index in [9.17, 15) is 4.39 Å². The number of rotatable bonds is 4. The summed E-state index contributed by atoms with van der Waals surface area (Å²) < 4.78 is 146. The SMILES string of the molecule is [2H]c1c([2H])c(C2([2H])C([2H])([2H])CNC([2H])([2H])[C@]2([2H])C([2H])([2H])Oc2ccc3c(c2)OC([2H])([2H])O3)c([2H])c([2H])c1F. The quantitative estimate of drug-likeness (QED) is 0.924. The molecule has 2 aromatic rings. The van der Waals surface area contributed by atoms with Gasteiger partial charge in [0.15, 0.2) is 11.5 Å². The van der Waals surface area contributed by atoms with Gasteiger partial charge in [-0.25, -0.2) is 4.39 Å². The maximum atomic E-state index is 14.3. The van der Waals surface area contributed by atoms with Crippen LogP contribution in [0.4, 0.5) is 4.39 Å². The Morgan fingerprint density at radius 3 is 3.04 bits per heavy atom. The van der Waals surface area contributed by atoms with Gasteiger partial charge in [-0.15, -0.1) is 0 Å². The van der Waals surface area contributed by atoms with Crippen molar-refractivity contribution in [1.29, 1.82) is 0 Å². The first-order valence-electron chi connectivity index (χ1n) is 13.9. The van der Waals surface area contributed by atoms with E-state index in [4.69, 9.17) is 33.4 Å². The molecule has 5 heteroatoms. The van der Waals surface area contributed by atoms with E-state index in [2.05, 4.69) is 0 Å². The van der Waals surface area contributed by atoms with Crippen LogP contribution in [0.15, 0.2) is 42.4 Å². The Hall–Kier alpha value is -2.27. The van der Waals surface area contributed by atoms with Gasteiger partial charge in [0.1, 0.15) is 14.3 Å². The number of fused-ring (bicyclic) bond motifs is 1. The van der Waals surface area contributed by atoms with E-state index in [1.807, 2.05) is 5.32 Å². The van der Waals surface area contributed by atoms with Gasteiger partial charge in [-0.05, 0) is 48.6 Å². The van der Waals surface area contributed by atoms with Crippen LogP contribution in [-0.4, -0.2) is 26.3 Å². The molecule has 1 unspecified atom stereocenters. The normalized spacial score (nSPS) is 43.9. The molecular weight excluding hydrogens is 309 g/mol. The predicted molar refractivity (Wildman–Crippen MR) is 88.2 cm³/mol. The van der Waals surface area contributed by atoms with E-state index >= 15 is 0 Å². The smallest absolute Gasteiger partial charge is 0.231 e.